The van der Waals surface area contributed by atoms with Crippen LogP contribution in [0.1, 0.15) is 0 Å². The summed E-state index contributed by atoms with van der Waals surface area (Å²) in [6.07, 6.45) is 8.29. The molecule has 4 aromatic carbocycles. The van der Waals surface area contributed by atoms with Crippen molar-refractivity contribution in [3.05, 3.63) is 122 Å². The topological polar surface area (TPSA) is 44.5 Å². The zero-order chi connectivity index (χ0) is 23.6. The van der Waals surface area contributed by atoms with Crippen LogP contribution in [0.3, 0.4) is 0 Å². The molecule has 0 saturated carbocycles. The number of aromatic nitrogens is 6. The Morgan fingerprint density at radius 2 is 1.08 bits per heavy atom. The smallest absolute Gasteiger partial charge is 0.219 e. The highest BCUT2D eigenvalue weighted by atomic mass is 15.2. The number of hydrogen-bond acceptors (Lipinski definition) is 2. The van der Waals surface area contributed by atoms with Crippen molar-refractivity contribution in [2.24, 2.45) is 0 Å². The summed E-state index contributed by atoms with van der Waals surface area (Å²) in [6, 6.07) is 33.6. The van der Waals surface area contributed by atoms with Gasteiger partial charge in [-0.25, -0.2) is 9.97 Å². The summed E-state index contributed by atoms with van der Waals surface area (Å²) in [6.45, 7) is 0. The normalized spacial score (nSPS) is 11.9. The lowest BCUT2D eigenvalue weighted by Gasteiger charge is -2.06. The Balaban J connectivity index is 1.27. The molecule has 0 atom stereocenters. The van der Waals surface area contributed by atoms with Crippen LogP contribution in [0.15, 0.2) is 122 Å². The molecule has 0 spiro atoms. The predicted octanol–water partition coefficient (Wildman–Crippen LogP) is 6.54. The summed E-state index contributed by atoms with van der Waals surface area (Å²) >= 11 is 0. The molecule has 8 rings (SSSR count). The van der Waals surface area contributed by atoms with Gasteiger partial charge in [0.15, 0.2) is 0 Å². The standard InChI is InChI=1S/C30H20N6/c1-2-7-21(8-3-1)22-9-6-10-23(19-22)33-16-18-36-28-20-24(13-14-26(28)32-30(33)36)34-15-17-35-27-12-5-4-11-25(27)31-29(34)35/h1-20H. The van der Waals surface area contributed by atoms with Gasteiger partial charge in [-0.2, -0.15) is 0 Å². The third kappa shape index (κ3) is 2.72. The lowest BCUT2D eigenvalue weighted by molar-refractivity contribution is 1.08. The number of rotatable bonds is 3. The number of para-hydroxylation sites is 2. The van der Waals surface area contributed by atoms with Crippen molar-refractivity contribution in [2.45, 2.75) is 0 Å². The minimum absolute atomic E-state index is 0.886. The van der Waals surface area contributed by atoms with E-state index >= 15 is 0 Å². The van der Waals surface area contributed by atoms with Crippen LogP contribution in [-0.2, 0) is 0 Å². The molecule has 0 radical (unpaired) electrons. The van der Waals surface area contributed by atoms with Gasteiger partial charge in [0.1, 0.15) is 0 Å². The summed E-state index contributed by atoms with van der Waals surface area (Å²) in [5.41, 5.74) is 8.62. The lowest BCUT2D eigenvalue weighted by Crippen LogP contribution is -1.94. The molecular formula is C30H20N6. The Kier molecular flexibility index (Phi) is 3.85. The molecule has 0 bridgehead atoms. The maximum absolute atomic E-state index is 4.97. The van der Waals surface area contributed by atoms with Gasteiger partial charge in [0.25, 0.3) is 0 Å². The van der Waals surface area contributed by atoms with Gasteiger partial charge in [0.2, 0.25) is 11.6 Å². The molecule has 0 unspecified atom stereocenters. The Morgan fingerprint density at radius 1 is 0.444 bits per heavy atom. The quantitative estimate of drug-likeness (QED) is 0.298. The summed E-state index contributed by atoms with van der Waals surface area (Å²) in [7, 11) is 0. The fourth-order valence-electron chi connectivity index (χ4n) is 5.15. The minimum atomic E-state index is 0.886. The molecule has 6 heteroatoms. The van der Waals surface area contributed by atoms with Crippen molar-refractivity contribution >= 4 is 33.6 Å². The van der Waals surface area contributed by atoms with Gasteiger partial charge in [-0.3, -0.25) is 17.9 Å². The van der Waals surface area contributed by atoms with Gasteiger partial charge in [-0.1, -0.05) is 54.6 Å². The molecule has 0 fully saturated rings. The molecule has 170 valence electrons. The van der Waals surface area contributed by atoms with Crippen LogP contribution < -0.4 is 0 Å². The predicted molar refractivity (Wildman–Crippen MR) is 143 cm³/mol. The van der Waals surface area contributed by atoms with Gasteiger partial charge in [-0.05, 0) is 53.6 Å². The largest absolute Gasteiger partial charge is 0.286 e. The fraction of sp³-hybridized carbons (Fsp3) is 0. The molecular weight excluding hydrogens is 444 g/mol. The minimum Gasteiger partial charge on any atom is -0.286 e. The first kappa shape index (κ1) is 19.2. The first-order valence-electron chi connectivity index (χ1n) is 11.9. The molecule has 0 aliphatic carbocycles. The molecule has 0 amide bonds. The Bertz CT molecular complexity index is 2050. The van der Waals surface area contributed by atoms with E-state index in [4.69, 9.17) is 9.97 Å². The second-order valence-electron chi connectivity index (χ2n) is 8.98. The van der Waals surface area contributed by atoms with Crippen molar-refractivity contribution in [1.82, 2.24) is 27.9 Å². The Morgan fingerprint density at radius 3 is 1.89 bits per heavy atom. The van der Waals surface area contributed by atoms with Crippen LogP contribution in [0.25, 0.3) is 56.1 Å². The van der Waals surface area contributed by atoms with Crippen LogP contribution in [0.4, 0.5) is 0 Å². The molecule has 0 saturated heterocycles. The van der Waals surface area contributed by atoms with Crippen LogP contribution in [-0.4, -0.2) is 27.9 Å². The number of fused-ring (bicyclic) bond motifs is 6. The van der Waals surface area contributed by atoms with E-state index in [0.29, 0.717) is 0 Å². The van der Waals surface area contributed by atoms with Crippen molar-refractivity contribution in [1.29, 1.82) is 0 Å². The van der Waals surface area contributed by atoms with E-state index in [0.717, 1.165) is 45.0 Å². The first-order chi connectivity index (χ1) is 17.8. The van der Waals surface area contributed by atoms with Crippen molar-refractivity contribution in [2.75, 3.05) is 0 Å². The summed E-state index contributed by atoms with van der Waals surface area (Å²) < 4.78 is 8.54. The summed E-state index contributed by atoms with van der Waals surface area (Å²) in [5, 5.41) is 0. The second kappa shape index (κ2) is 7.20. The Hall–Kier alpha value is -5.10. The molecule has 0 aliphatic rings. The average Bonchev–Trinajstić information content (AvgIpc) is 3.69. The monoisotopic (exact) mass is 464 g/mol. The maximum atomic E-state index is 4.97. The summed E-state index contributed by atoms with van der Waals surface area (Å²) in [5.74, 6) is 1.78. The van der Waals surface area contributed by atoms with E-state index in [1.54, 1.807) is 0 Å². The van der Waals surface area contributed by atoms with E-state index < -0.39 is 0 Å². The van der Waals surface area contributed by atoms with Crippen LogP contribution >= 0.6 is 0 Å². The van der Waals surface area contributed by atoms with Crippen LogP contribution in [0.2, 0.25) is 0 Å². The van der Waals surface area contributed by atoms with Gasteiger partial charge in [-0.15, -0.1) is 0 Å². The number of hydrogen-bond donors (Lipinski definition) is 0. The lowest BCUT2D eigenvalue weighted by atomic mass is 10.1. The summed E-state index contributed by atoms with van der Waals surface area (Å²) in [4.78, 5) is 9.83. The highest BCUT2D eigenvalue weighted by Gasteiger charge is 2.14. The van der Waals surface area contributed by atoms with Crippen molar-refractivity contribution < 1.29 is 0 Å². The SMILES string of the molecule is c1ccc(-c2cccc(-n3ccn4c5cc(-n6ccn7c8ccccc8nc67)ccc5nc34)c2)cc1. The van der Waals surface area contributed by atoms with Gasteiger partial charge >= 0.3 is 0 Å². The highest BCUT2D eigenvalue weighted by molar-refractivity contribution is 5.84. The first-order valence-corrected chi connectivity index (χ1v) is 11.9. The van der Waals surface area contributed by atoms with E-state index in [1.807, 2.05) is 24.3 Å². The number of nitrogens with zero attached hydrogens (tertiary/aromatic N) is 6. The highest BCUT2D eigenvalue weighted by Crippen LogP contribution is 2.27. The van der Waals surface area contributed by atoms with E-state index in [1.165, 1.54) is 11.1 Å². The maximum Gasteiger partial charge on any atom is 0.219 e. The third-order valence-electron chi connectivity index (χ3n) is 6.90. The van der Waals surface area contributed by atoms with E-state index in [2.05, 4.69) is 116 Å². The molecule has 0 N–H and O–H groups in total. The average molecular weight is 465 g/mol. The van der Waals surface area contributed by atoms with Crippen molar-refractivity contribution in [3.8, 4) is 22.5 Å². The molecule has 0 aliphatic heterocycles. The van der Waals surface area contributed by atoms with Gasteiger partial charge in [0.05, 0.1) is 27.8 Å². The third-order valence-corrected chi connectivity index (χ3v) is 6.90. The number of benzene rings is 4. The van der Waals surface area contributed by atoms with Crippen molar-refractivity contribution in [3.63, 3.8) is 0 Å². The Labute approximate surface area is 205 Å². The van der Waals surface area contributed by atoms with Crippen LogP contribution in [0, 0.1) is 0 Å². The molecule has 4 aromatic heterocycles. The molecule has 4 heterocycles. The van der Waals surface area contributed by atoms with Gasteiger partial charge in [0, 0.05) is 30.5 Å². The van der Waals surface area contributed by atoms with Gasteiger partial charge < -0.3 is 0 Å². The van der Waals surface area contributed by atoms with Crippen LogP contribution in [0.5, 0.6) is 0 Å². The van der Waals surface area contributed by atoms with E-state index in [9.17, 15) is 0 Å². The van der Waals surface area contributed by atoms with E-state index in [-0.39, 0.29) is 0 Å². The zero-order valence-electron chi connectivity index (χ0n) is 19.2. The molecule has 8 aromatic rings. The number of imidazole rings is 4. The molecule has 36 heavy (non-hydrogen) atoms. The zero-order valence-corrected chi connectivity index (χ0v) is 19.2. The fourth-order valence-corrected chi connectivity index (χ4v) is 5.15. The second-order valence-corrected chi connectivity index (χ2v) is 8.98. The molecule has 6 nitrogen and oxygen atoms in total.